The number of rotatable bonds is 7. The number of amides is 2. The Morgan fingerprint density at radius 3 is 2.21 bits per heavy atom. The molecule has 2 aromatic rings. The summed E-state index contributed by atoms with van der Waals surface area (Å²) in [6.07, 6.45) is -6.12. The van der Waals surface area contributed by atoms with Crippen molar-refractivity contribution in [2.75, 3.05) is 11.9 Å². The number of aromatic nitrogens is 1. The van der Waals surface area contributed by atoms with E-state index in [9.17, 15) is 22.8 Å². The molecule has 0 aliphatic rings. The van der Waals surface area contributed by atoms with Crippen LogP contribution in [0.3, 0.4) is 0 Å². The fraction of sp³-hybridized carbons (Fsp3) is 0.480. The van der Waals surface area contributed by atoms with Gasteiger partial charge in [-0.3, -0.25) is 5.32 Å². The Bertz CT molecular complexity index is 1150. The van der Waals surface area contributed by atoms with Gasteiger partial charge in [-0.05, 0) is 75.5 Å². The number of benzene rings is 1. The van der Waals surface area contributed by atoms with Crippen LogP contribution in [0.5, 0.6) is 5.75 Å². The van der Waals surface area contributed by atoms with Gasteiger partial charge in [0.1, 0.15) is 23.0 Å². The Kier molecular flexibility index (Phi) is 10.3. The number of carbonyl (C=O) groups excluding carboxylic acids is 2. The zero-order valence-electron chi connectivity index (χ0n) is 21.8. The third-order valence-corrected chi connectivity index (χ3v) is 5.54. The second kappa shape index (κ2) is 12.4. The van der Waals surface area contributed by atoms with Crippen molar-refractivity contribution in [2.45, 2.75) is 71.4 Å². The molecule has 0 aliphatic heterocycles. The van der Waals surface area contributed by atoms with E-state index >= 15 is 0 Å². The quantitative estimate of drug-likeness (QED) is 0.312. The predicted octanol–water partition coefficient (Wildman–Crippen LogP) is 7.38. The van der Waals surface area contributed by atoms with Crippen LogP contribution in [0.4, 0.5) is 28.6 Å². The van der Waals surface area contributed by atoms with Crippen LogP contribution in [-0.4, -0.2) is 41.0 Å². The Hall–Kier alpha value is -2.73. The molecule has 8 nitrogen and oxygen atoms in total. The summed E-state index contributed by atoms with van der Waals surface area (Å²) in [5.74, 6) is 0.0229. The van der Waals surface area contributed by atoms with Gasteiger partial charge in [0, 0.05) is 6.07 Å². The molecule has 1 aromatic carbocycles. The number of pyridine rings is 1. The molecule has 210 valence electrons. The van der Waals surface area contributed by atoms with Gasteiger partial charge < -0.3 is 19.5 Å². The minimum absolute atomic E-state index is 0.0137. The first-order chi connectivity index (χ1) is 17.3. The molecule has 2 N–H and O–H groups in total. The molecule has 0 bridgehead atoms. The number of anilines is 1. The Morgan fingerprint density at radius 1 is 1.03 bits per heavy atom. The number of alkyl halides is 3. The van der Waals surface area contributed by atoms with Crippen molar-refractivity contribution in [3.8, 4) is 5.75 Å². The molecule has 1 heterocycles. The maximum atomic E-state index is 13.2. The van der Waals surface area contributed by atoms with Crippen molar-refractivity contribution >= 4 is 45.5 Å². The molecule has 1 atom stereocenters. The van der Waals surface area contributed by atoms with Crippen LogP contribution in [0, 0.1) is 0 Å². The molecule has 0 aliphatic carbocycles. The number of ether oxygens (including phenoxy) is 3. The predicted molar refractivity (Wildman–Crippen MR) is 141 cm³/mol. The molecule has 2 amide bonds. The number of hydrogen-bond acceptors (Lipinski definition) is 6. The average Bonchev–Trinajstić information content (AvgIpc) is 2.72. The van der Waals surface area contributed by atoms with Crippen molar-refractivity contribution in [2.24, 2.45) is 0 Å². The summed E-state index contributed by atoms with van der Waals surface area (Å²) >= 11 is 9.32. The van der Waals surface area contributed by atoms with Crippen LogP contribution in [0.1, 0.15) is 52.7 Å². The first-order valence-corrected chi connectivity index (χ1v) is 12.6. The third-order valence-electron chi connectivity index (χ3n) is 4.41. The van der Waals surface area contributed by atoms with E-state index in [4.69, 9.17) is 25.8 Å². The molecule has 1 aromatic heterocycles. The maximum Gasteiger partial charge on any atom is 0.416 e. The van der Waals surface area contributed by atoms with Crippen LogP contribution in [0.15, 0.2) is 34.8 Å². The summed E-state index contributed by atoms with van der Waals surface area (Å²) in [6, 6.07) is 5.39. The number of halogens is 5. The van der Waals surface area contributed by atoms with Gasteiger partial charge in [0.2, 0.25) is 0 Å². The summed E-state index contributed by atoms with van der Waals surface area (Å²) < 4.78 is 56.4. The summed E-state index contributed by atoms with van der Waals surface area (Å²) in [7, 11) is 0. The van der Waals surface area contributed by atoms with Crippen molar-refractivity contribution in [3.63, 3.8) is 0 Å². The zero-order chi connectivity index (χ0) is 28.9. The van der Waals surface area contributed by atoms with Gasteiger partial charge in [-0.1, -0.05) is 29.8 Å². The Morgan fingerprint density at radius 2 is 1.63 bits per heavy atom. The lowest BCUT2D eigenvalue weighted by molar-refractivity contribution is -0.137. The molecule has 2 rings (SSSR count). The molecular weight excluding hydrogens is 595 g/mol. The van der Waals surface area contributed by atoms with Gasteiger partial charge in [0.05, 0.1) is 16.1 Å². The highest BCUT2D eigenvalue weighted by atomic mass is 79.9. The maximum absolute atomic E-state index is 13.2. The van der Waals surface area contributed by atoms with Gasteiger partial charge >= 0.3 is 18.4 Å². The smallest absolute Gasteiger partial charge is 0.416 e. The topological polar surface area (TPSA) is 98.8 Å². The highest BCUT2D eigenvalue weighted by Gasteiger charge is 2.31. The molecule has 0 spiro atoms. The molecule has 0 saturated heterocycles. The Labute approximate surface area is 232 Å². The van der Waals surface area contributed by atoms with Gasteiger partial charge in [0.15, 0.2) is 11.6 Å². The van der Waals surface area contributed by atoms with E-state index < -0.39 is 41.2 Å². The Balaban J connectivity index is 2.30. The number of alkyl carbamates (subject to hydrolysis) is 1. The van der Waals surface area contributed by atoms with E-state index in [1.807, 2.05) is 0 Å². The number of carbonyl (C=O) groups is 2. The number of nitrogens with one attached hydrogen (secondary N) is 2. The molecular formula is C25H30BrClF3N3O5. The fourth-order valence-corrected chi connectivity index (χ4v) is 3.46. The first-order valence-electron chi connectivity index (χ1n) is 11.5. The van der Waals surface area contributed by atoms with Crippen LogP contribution in [0.25, 0.3) is 0 Å². The van der Waals surface area contributed by atoms with Gasteiger partial charge in [-0.15, -0.1) is 0 Å². The molecule has 38 heavy (non-hydrogen) atoms. The van der Waals surface area contributed by atoms with Crippen molar-refractivity contribution in [1.29, 1.82) is 0 Å². The van der Waals surface area contributed by atoms with Crippen LogP contribution in [0.2, 0.25) is 5.15 Å². The van der Waals surface area contributed by atoms with E-state index in [0.717, 1.165) is 12.1 Å². The van der Waals surface area contributed by atoms with Crippen molar-refractivity contribution in [1.82, 2.24) is 10.3 Å². The average molecular weight is 625 g/mol. The lowest BCUT2D eigenvalue weighted by Gasteiger charge is -2.24. The molecule has 0 radical (unpaired) electrons. The lowest BCUT2D eigenvalue weighted by Crippen LogP contribution is -2.43. The first kappa shape index (κ1) is 31.5. The number of nitrogens with zero attached hydrogens (tertiary/aromatic N) is 1. The second-order valence-corrected chi connectivity index (χ2v) is 11.5. The zero-order valence-corrected chi connectivity index (χ0v) is 24.1. The van der Waals surface area contributed by atoms with E-state index in [2.05, 4.69) is 31.5 Å². The van der Waals surface area contributed by atoms with E-state index in [-0.39, 0.29) is 29.7 Å². The third kappa shape index (κ3) is 10.9. The molecule has 0 unspecified atom stereocenters. The standard InChI is InChI=1S/C25H30BrClF3N3O5/c1-23(2,3)37-21(34)31-16(11-14-8-7-9-15(10-14)25(28,29)30)13-36-18-12-17(26)19(27)32-20(18)33-22(35)38-24(4,5)6/h7-10,12,16H,11,13H2,1-6H3,(H,31,34)(H,32,33,35)/t16-/m0/s1. The lowest BCUT2D eigenvalue weighted by atomic mass is 10.0. The normalized spacial score (nSPS) is 12.9. The van der Waals surface area contributed by atoms with Crippen molar-refractivity contribution in [3.05, 3.63) is 51.1 Å². The van der Waals surface area contributed by atoms with Crippen LogP contribution in [-0.2, 0) is 22.1 Å². The fourth-order valence-electron chi connectivity index (χ4n) is 3.02. The van der Waals surface area contributed by atoms with E-state index in [1.54, 1.807) is 41.5 Å². The summed E-state index contributed by atoms with van der Waals surface area (Å²) in [5.41, 5.74) is -2.09. The largest absolute Gasteiger partial charge is 0.487 e. The second-order valence-electron chi connectivity index (χ2n) is 10.3. The van der Waals surface area contributed by atoms with E-state index in [1.165, 1.54) is 18.2 Å². The summed E-state index contributed by atoms with van der Waals surface area (Å²) in [5, 5.41) is 5.13. The van der Waals surface area contributed by atoms with E-state index in [0.29, 0.717) is 10.0 Å². The highest BCUT2D eigenvalue weighted by Crippen LogP contribution is 2.32. The molecule has 13 heteroatoms. The number of hydrogen-bond donors (Lipinski definition) is 2. The van der Waals surface area contributed by atoms with Gasteiger partial charge in [-0.2, -0.15) is 13.2 Å². The minimum atomic E-state index is -4.52. The van der Waals surface area contributed by atoms with Crippen LogP contribution >= 0.6 is 27.5 Å². The SMILES string of the molecule is CC(C)(C)OC(=O)Nc1nc(Cl)c(Br)cc1OC[C@H](Cc1cccc(C(F)(F)F)c1)NC(=O)OC(C)(C)C. The van der Waals surface area contributed by atoms with Gasteiger partial charge in [-0.25, -0.2) is 14.6 Å². The summed E-state index contributed by atoms with van der Waals surface area (Å²) in [6.45, 7) is 9.88. The van der Waals surface area contributed by atoms with Crippen LogP contribution < -0.4 is 15.4 Å². The van der Waals surface area contributed by atoms with Gasteiger partial charge in [0.25, 0.3) is 0 Å². The monoisotopic (exact) mass is 623 g/mol. The highest BCUT2D eigenvalue weighted by molar-refractivity contribution is 9.10. The van der Waals surface area contributed by atoms with Crippen molar-refractivity contribution < 1.29 is 37.0 Å². The summed E-state index contributed by atoms with van der Waals surface area (Å²) in [4.78, 5) is 28.9. The molecule has 0 saturated carbocycles. The minimum Gasteiger partial charge on any atom is -0.487 e. The molecule has 0 fully saturated rings.